The molecule has 3 aromatic carbocycles. The molecule has 4 nitrogen and oxygen atoms in total. The van der Waals surface area contributed by atoms with Crippen LogP contribution in [-0.2, 0) is 11.4 Å². The number of carbonyl (C=O) groups excluding carboxylic acids is 1. The van der Waals surface area contributed by atoms with E-state index in [1.807, 2.05) is 6.07 Å². The maximum Gasteiger partial charge on any atom is 0.257 e. The summed E-state index contributed by atoms with van der Waals surface area (Å²) in [6, 6.07) is 19.0. The summed E-state index contributed by atoms with van der Waals surface area (Å²) < 4.78 is 27.5. The Morgan fingerprint density at radius 3 is 2.58 bits per heavy atom. The molecule has 0 saturated carbocycles. The molecule has 3 aromatic rings. The van der Waals surface area contributed by atoms with Crippen molar-refractivity contribution in [1.29, 1.82) is 0 Å². The van der Waals surface area contributed by atoms with Crippen molar-refractivity contribution in [3.8, 4) is 0 Å². The zero-order valence-corrected chi connectivity index (χ0v) is 17.2. The molecular formula is C24H19ClF2N2O2. The molecule has 0 saturated heterocycles. The summed E-state index contributed by atoms with van der Waals surface area (Å²) in [6.45, 7) is 0.438. The van der Waals surface area contributed by atoms with E-state index in [9.17, 15) is 13.6 Å². The van der Waals surface area contributed by atoms with E-state index in [4.69, 9.17) is 16.4 Å². The Morgan fingerprint density at radius 1 is 1.06 bits per heavy atom. The Bertz CT molecular complexity index is 1120. The highest BCUT2D eigenvalue weighted by molar-refractivity contribution is 6.30. The number of halogens is 3. The number of hydrogen-bond acceptors (Lipinski definition) is 3. The van der Waals surface area contributed by atoms with Gasteiger partial charge in [0, 0.05) is 18.0 Å². The van der Waals surface area contributed by atoms with Crippen LogP contribution in [0.2, 0.25) is 5.02 Å². The molecule has 1 heterocycles. The predicted molar refractivity (Wildman–Crippen MR) is 115 cm³/mol. The average Bonchev–Trinajstić information content (AvgIpc) is 3.22. The molecule has 0 radical (unpaired) electrons. The molecule has 0 spiro atoms. The van der Waals surface area contributed by atoms with Gasteiger partial charge in [-0.25, -0.2) is 8.78 Å². The third-order valence-electron chi connectivity index (χ3n) is 4.99. The SMILES string of the molecule is O=C(c1ccccc1F)N(Cc1cccc(Cl)c1)CC1CC(c2ccc(F)cc2)=NO1. The van der Waals surface area contributed by atoms with E-state index in [-0.39, 0.29) is 24.5 Å². The number of rotatable bonds is 6. The van der Waals surface area contributed by atoms with Gasteiger partial charge >= 0.3 is 0 Å². The van der Waals surface area contributed by atoms with E-state index >= 15 is 0 Å². The fraction of sp³-hybridized carbons (Fsp3) is 0.167. The summed E-state index contributed by atoms with van der Waals surface area (Å²) in [5.74, 6) is -1.36. The van der Waals surface area contributed by atoms with Crippen molar-refractivity contribution in [2.75, 3.05) is 6.54 Å². The van der Waals surface area contributed by atoms with Crippen LogP contribution in [0.3, 0.4) is 0 Å². The van der Waals surface area contributed by atoms with Crippen molar-refractivity contribution >= 4 is 23.2 Å². The fourth-order valence-corrected chi connectivity index (χ4v) is 3.68. The van der Waals surface area contributed by atoms with Gasteiger partial charge in [-0.3, -0.25) is 4.79 Å². The summed E-state index contributed by atoms with van der Waals surface area (Å²) >= 11 is 6.09. The molecule has 0 bridgehead atoms. The van der Waals surface area contributed by atoms with Gasteiger partial charge in [-0.15, -0.1) is 0 Å². The number of amides is 1. The van der Waals surface area contributed by atoms with Crippen molar-refractivity contribution in [3.63, 3.8) is 0 Å². The van der Waals surface area contributed by atoms with E-state index in [2.05, 4.69) is 5.16 Å². The summed E-state index contributed by atoms with van der Waals surface area (Å²) in [5.41, 5.74) is 2.23. The average molecular weight is 441 g/mol. The van der Waals surface area contributed by atoms with Gasteiger partial charge in [-0.1, -0.05) is 53.2 Å². The highest BCUT2D eigenvalue weighted by atomic mass is 35.5. The van der Waals surface area contributed by atoms with Crippen LogP contribution >= 0.6 is 11.6 Å². The van der Waals surface area contributed by atoms with Gasteiger partial charge in [0.25, 0.3) is 5.91 Å². The molecule has 4 rings (SSSR count). The highest BCUT2D eigenvalue weighted by Crippen LogP contribution is 2.21. The zero-order chi connectivity index (χ0) is 21.8. The van der Waals surface area contributed by atoms with Gasteiger partial charge in [0.1, 0.15) is 11.6 Å². The number of nitrogens with zero attached hydrogens (tertiary/aromatic N) is 2. The molecule has 1 unspecified atom stereocenters. The lowest BCUT2D eigenvalue weighted by atomic mass is 10.0. The van der Waals surface area contributed by atoms with Gasteiger partial charge < -0.3 is 9.74 Å². The van der Waals surface area contributed by atoms with Gasteiger partial charge in [0.2, 0.25) is 0 Å². The van der Waals surface area contributed by atoms with Crippen molar-refractivity contribution in [3.05, 3.63) is 106 Å². The Hall–Kier alpha value is -3.25. The minimum Gasteiger partial charge on any atom is -0.390 e. The fourth-order valence-electron chi connectivity index (χ4n) is 3.46. The second-order valence-corrected chi connectivity index (χ2v) is 7.71. The first-order valence-corrected chi connectivity index (χ1v) is 10.1. The molecule has 31 heavy (non-hydrogen) atoms. The first-order chi connectivity index (χ1) is 15.0. The summed E-state index contributed by atoms with van der Waals surface area (Å²) in [6.07, 6.45) is 0.0392. The van der Waals surface area contributed by atoms with E-state index in [1.165, 1.54) is 35.2 Å². The topological polar surface area (TPSA) is 41.9 Å². The minimum absolute atomic E-state index is 0.0119. The standard InChI is InChI=1S/C24H19ClF2N2O2/c25-18-5-3-4-16(12-18)14-29(24(30)21-6-1-2-7-22(21)27)15-20-13-23(28-31-20)17-8-10-19(26)11-9-17/h1-12,20H,13-15H2. The van der Waals surface area contributed by atoms with Crippen molar-refractivity contribution < 1.29 is 18.4 Å². The molecule has 1 amide bonds. The molecule has 0 aliphatic carbocycles. The second kappa shape index (κ2) is 9.27. The molecule has 158 valence electrons. The van der Waals surface area contributed by atoms with Crippen LogP contribution in [0.1, 0.15) is 27.9 Å². The predicted octanol–water partition coefficient (Wildman–Crippen LogP) is 5.45. The van der Waals surface area contributed by atoms with Gasteiger partial charge in [0.05, 0.1) is 17.8 Å². The number of hydrogen-bond donors (Lipinski definition) is 0. The first kappa shape index (κ1) is 21.0. The minimum atomic E-state index is -0.584. The Kier molecular flexibility index (Phi) is 6.28. The normalized spacial score (nSPS) is 15.3. The van der Waals surface area contributed by atoms with Gasteiger partial charge in [-0.2, -0.15) is 0 Å². The van der Waals surface area contributed by atoms with E-state index < -0.39 is 17.8 Å². The van der Waals surface area contributed by atoms with E-state index in [1.54, 1.807) is 36.4 Å². The molecule has 0 aromatic heterocycles. The number of benzene rings is 3. The van der Waals surface area contributed by atoms with Crippen LogP contribution in [0, 0.1) is 11.6 Å². The van der Waals surface area contributed by atoms with Crippen LogP contribution in [0.5, 0.6) is 0 Å². The monoisotopic (exact) mass is 440 g/mol. The molecule has 1 atom stereocenters. The Morgan fingerprint density at radius 2 is 1.84 bits per heavy atom. The van der Waals surface area contributed by atoms with Crippen LogP contribution in [0.15, 0.2) is 78.0 Å². The number of oxime groups is 1. The van der Waals surface area contributed by atoms with Crippen LogP contribution in [0.4, 0.5) is 8.78 Å². The van der Waals surface area contributed by atoms with E-state index in [0.717, 1.165) is 11.1 Å². The summed E-state index contributed by atoms with van der Waals surface area (Å²) in [4.78, 5) is 20.2. The Balaban J connectivity index is 1.53. The zero-order valence-electron chi connectivity index (χ0n) is 16.5. The van der Waals surface area contributed by atoms with Gasteiger partial charge in [0.15, 0.2) is 6.10 Å². The van der Waals surface area contributed by atoms with Crippen molar-refractivity contribution in [2.24, 2.45) is 5.16 Å². The Labute approximate surface area is 183 Å². The lowest BCUT2D eigenvalue weighted by molar-refractivity contribution is 0.0402. The van der Waals surface area contributed by atoms with Crippen LogP contribution in [0.25, 0.3) is 0 Å². The molecule has 1 aliphatic heterocycles. The molecule has 0 N–H and O–H groups in total. The quantitative estimate of drug-likeness (QED) is 0.511. The summed E-state index contributed by atoms with van der Waals surface area (Å²) in [7, 11) is 0. The lowest BCUT2D eigenvalue weighted by Crippen LogP contribution is -2.37. The molecule has 1 aliphatic rings. The van der Waals surface area contributed by atoms with Crippen molar-refractivity contribution in [2.45, 2.75) is 19.1 Å². The molecule has 7 heteroatoms. The van der Waals surface area contributed by atoms with Crippen LogP contribution < -0.4 is 0 Å². The van der Waals surface area contributed by atoms with Crippen LogP contribution in [-0.4, -0.2) is 29.2 Å². The maximum absolute atomic E-state index is 14.3. The lowest BCUT2D eigenvalue weighted by Gasteiger charge is -2.25. The van der Waals surface area contributed by atoms with E-state index in [0.29, 0.717) is 17.2 Å². The third-order valence-corrected chi connectivity index (χ3v) is 5.22. The largest absolute Gasteiger partial charge is 0.390 e. The highest BCUT2D eigenvalue weighted by Gasteiger charge is 2.28. The second-order valence-electron chi connectivity index (χ2n) is 7.27. The smallest absolute Gasteiger partial charge is 0.257 e. The maximum atomic E-state index is 14.3. The number of carbonyl (C=O) groups is 1. The van der Waals surface area contributed by atoms with Gasteiger partial charge in [-0.05, 0) is 47.5 Å². The first-order valence-electron chi connectivity index (χ1n) is 9.76. The molecule has 0 fully saturated rings. The summed E-state index contributed by atoms with van der Waals surface area (Å²) in [5, 5.41) is 4.65. The van der Waals surface area contributed by atoms with Crippen molar-refractivity contribution in [1.82, 2.24) is 4.90 Å². The molecular weight excluding hydrogens is 422 g/mol. The third kappa shape index (κ3) is 5.09.